The molecule has 3 amide bonds. The van der Waals surface area contributed by atoms with E-state index in [1.54, 1.807) is 12.1 Å². The van der Waals surface area contributed by atoms with Crippen molar-refractivity contribution < 1.29 is 9.59 Å². The van der Waals surface area contributed by atoms with Gasteiger partial charge in [0.05, 0.1) is 0 Å². The lowest BCUT2D eigenvalue weighted by Crippen LogP contribution is -2.38. The van der Waals surface area contributed by atoms with E-state index < -0.39 is 0 Å². The van der Waals surface area contributed by atoms with Crippen molar-refractivity contribution in [1.29, 1.82) is 0 Å². The third-order valence-corrected chi connectivity index (χ3v) is 4.39. The minimum absolute atomic E-state index is 0.0338. The fourth-order valence-electron chi connectivity index (χ4n) is 2.68. The quantitative estimate of drug-likeness (QED) is 0.371. The van der Waals surface area contributed by atoms with Crippen molar-refractivity contribution in [3.05, 3.63) is 64.7 Å². The molecule has 33 heavy (non-hydrogen) atoms. The Labute approximate surface area is 204 Å². The molecule has 0 heterocycles. The number of halogens is 1. The maximum absolute atomic E-state index is 12.0. The Bertz CT molecular complexity index is 780. The number of aryl methyl sites for hydroxylation is 1. The van der Waals surface area contributed by atoms with E-state index in [1.165, 1.54) is 6.42 Å². The van der Waals surface area contributed by atoms with Crippen molar-refractivity contribution in [2.24, 2.45) is 0 Å². The highest BCUT2D eigenvalue weighted by molar-refractivity contribution is 6.30. The first-order chi connectivity index (χ1) is 15.9. The van der Waals surface area contributed by atoms with Crippen molar-refractivity contribution in [3.8, 4) is 0 Å². The number of carbonyl (C=O) groups is 2. The van der Waals surface area contributed by atoms with Gasteiger partial charge in [0.15, 0.2) is 0 Å². The standard InChI is InChI=1S/C21H27ClN4O2.C3H8.C2H6/c1-15(13-23-2)25-20(27)12-7-16-5-10-19(11-6-16)26-21(28)24-14-17-3-8-18(22)9-4-17;1-3-2;1-2/h3-6,8-11,15,23H,7,12-14H2,1-2H3,(H,25,27)(H2,24,26,28);3H2,1-2H3;1-2H3/t15-;;/m0../s1. The third-order valence-electron chi connectivity index (χ3n) is 4.14. The topological polar surface area (TPSA) is 82.3 Å². The third kappa shape index (κ3) is 15.0. The second-order valence-electron chi connectivity index (χ2n) is 7.36. The molecule has 0 bridgehead atoms. The van der Waals surface area contributed by atoms with Gasteiger partial charge in [0, 0.05) is 36.3 Å². The number of likely N-dealkylation sites (N-methyl/N-ethyl adjacent to an activating group) is 1. The van der Waals surface area contributed by atoms with E-state index in [1.807, 2.05) is 64.2 Å². The van der Waals surface area contributed by atoms with Gasteiger partial charge in [0.1, 0.15) is 0 Å². The predicted molar refractivity (Wildman–Crippen MR) is 141 cm³/mol. The number of urea groups is 1. The van der Waals surface area contributed by atoms with E-state index in [9.17, 15) is 9.59 Å². The molecular formula is C26H41ClN4O2. The van der Waals surface area contributed by atoms with Gasteiger partial charge in [0.25, 0.3) is 0 Å². The Morgan fingerprint density at radius 2 is 1.48 bits per heavy atom. The summed E-state index contributed by atoms with van der Waals surface area (Å²) < 4.78 is 0. The predicted octanol–water partition coefficient (Wildman–Crippen LogP) is 5.76. The van der Waals surface area contributed by atoms with Crippen LogP contribution in [0.1, 0.15) is 58.6 Å². The SMILES string of the molecule is CC.CCC.CNC[C@H](C)NC(=O)CCc1ccc(NC(=O)NCc2ccc(Cl)cc2)cc1. The fourth-order valence-corrected chi connectivity index (χ4v) is 2.80. The minimum Gasteiger partial charge on any atom is -0.352 e. The molecule has 2 aromatic carbocycles. The molecular weight excluding hydrogens is 436 g/mol. The maximum Gasteiger partial charge on any atom is 0.319 e. The molecule has 0 spiro atoms. The van der Waals surface area contributed by atoms with Crippen molar-refractivity contribution >= 4 is 29.2 Å². The lowest BCUT2D eigenvalue weighted by atomic mass is 10.1. The van der Waals surface area contributed by atoms with Gasteiger partial charge in [-0.2, -0.15) is 0 Å². The molecule has 0 saturated carbocycles. The van der Waals surface area contributed by atoms with Gasteiger partial charge < -0.3 is 21.3 Å². The van der Waals surface area contributed by atoms with E-state index in [0.29, 0.717) is 30.1 Å². The second-order valence-corrected chi connectivity index (χ2v) is 7.80. The molecule has 0 fully saturated rings. The Morgan fingerprint density at radius 1 is 0.939 bits per heavy atom. The zero-order chi connectivity index (χ0) is 25.1. The number of carbonyl (C=O) groups excluding carboxylic acids is 2. The highest BCUT2D eigenvalue weighted by Gasteiger charge is 2.07. The number of benzene rings is 2. The molecule has 0 aliphatic heterocycles. The Balaban J connectivity index is 0.00000189. The van der Waals surface area contributed by atoms with Crippen LogP contribution < -0.4 is 21.3 Å². The molecule has 6 nitrogen and oxygen atoms in total. The Hall–Kier alpha value is -2.57. The molecule has 0 aromatic heterocycles. The van der Waals surface area contributed by atoms with Gasteiger partial charge in [-0.05, 0) is 55.8 Å². The summed E-state index contributed by atoms with van der Waals surface area (Å²) in [5, 5.41) is 12.2. The van der Waals surface area contributed by atoms with Gasteiger partial charge in [-0.1, -0.05) is 70.0 Å². The van der Waals surface area contributed by atoms with Gasteiger partial charge in [-0.3, -0.25) is 4.79 Å². The van der Waals surface area contributed by atoms with Gasteiger partial charge in [-0.25, -0.2) is 4.79 Å². The van der Waals surface area contributed by atoms with Crippen LogP contribution in [0, 0.1) is 0 Å². The molecule has 0 aliphatic rings. The summed E-state index contributed by atoms with van der Waals surface area (Å²) >= 11 is 5.84. The van der Waals surface area contributed by atoms with Crippen LogP contribution in [0.15, 0.2) is 48.5 Å². The largest absolute Gasteiger partial charge is 0.352 e. The number of hydrogen-bond donors (Lipinski definition) is 4. The van der Waals surface area contributed by atoms with E-state index >= 15 is 0 Å². The van der Waals surface area contributed by atoms with Crippen LogP contribution in [-0.2, 0) is 17.8 Å². The fraction of sp³-hybridized carbons (Fsp3) is 0.462. The van der Waals surface area contributed by atoms with E-state index in [-0.39, 0.29) is 18.0 Å². The number of nitrogens with one attached hydrogen (secondary N) is 4. The molecule has 4 N–H and O–H groups in total. The molecule has 0 unspecified atom stereocenters. The van der Waals surface area contributed by atoms with Crippen molar-refractivity contribution in [1.82, 2.24) is 16.0 Å². The summed E-state index contributed by atoms with van der Waals surface area (Å²) in [6.07, 6.45) is 2.34. The van der Waals surface area contributed by atoms with Crippen LogP contribution in [0.2, 0.25) is 5.02 Å². The molecule has 2 aromatic rings. The van der Waals surface area contributed by atoms with Gasteiger partial charge in [0.2, 0.25) is 5.91 Å². The summed E-state index contributed by atoms with van der Waals surface area (Å²) in [6.45, 7) is 11.4. The monoisotopic (exact) mass is 476 g/mol. The van der Waals surface area contributed by atoms with Crippen LogP contribution in [0.3, 0.4) is 0 Å². The highest BCUT2D eigenvalue weighted by atomic mass is 35.5. The number of hydrogen-bond acceptors (Lipinski definition) is 3. The summed E-state index contributed by atoms with van der Waals surface area (Å²) in [4.78, 5) is 23.9. The minimum atomic E-state index is -0.277. The van der Waals surface area contributed by atoms with Crippen molar-refractivity contribution in [2.45, 2.75) is 66.5 Å². The van der Waals surface area contributed by atoms with E-state index in [2.05, 4.69) is 35.1 Å². The summed E-state index contributed by atoms with van der Waals surface area (Å²) in [6, 6.07) is 14.6. The zero-order valence-corrected chi connectivity index (χ0v) is 21.7. The first kappa shape index (κ1) is 30.4. The van der Waals surface area contributed by atoms with E-state index in [4.69, 9.17) is 11.6 Å². The van der Waals surface area contributed by atoms with Crippen molar-refractivity contribution in [3.63, 3.8) is 0 Å². The average Bonchev–Trinajstić information content (AvgIpc) is 2.80. The zero-order valence-electron chi connectivity index (χ0n) is 20.9. The molecule has 184 valence electrons. The van der Waals surface area contributed by atoms with Gasteiger partial charge >= 0.3 is 6.03 Å². The molecule has 7 heteroatoms. The average molecular weight is 477 g/mol. The van der Waals surface area contributed by atoms with Gasteiger partial charge in [-0.15, -0.1) is 0 Å². The number of rotatable bonds is 9. The molecule has 2 rings (SSSR count). The molecule has 0 saturated heterocycles. The Kier molecular flexibility index (Phi) is 17.5. The maximum atomic E-state index is 12.0. The van der Waals surface area contributed by atoms with Crippen LogP contribution in [-0.4, -0.2) is 31.6 Å². The summed E-state index contributed by atoms with van der Waals surface area (Å²) in [5.41, 5.74) is 2.71. The molecule has 0 radical (unpaired) electrons. The smallest absolute Gasteiger partial charge is 0.319 e. The Morgan fingerprint density at radius 3 is 2.03 bits per heavy atom. The number of anilines is 1. The molecule has 1 atom stereocenters. The first-order valence-electron chi connectivity index (χ1n) is 11.7. The first-order valence-corrected chi connectivity index (χ1v) is 12.1. The van der Waals surface area contributed by atoms with Crippen LogP contribution >= 0.6 is 11.6 Å². The number of amides is 3. The lowest BCUT2D eigenvalue weighted by Gasteiger charge is -2.13. The summed E-state index contributed by atoms with van der Waals surface area (Å²) in [7, 11) is 1.86. The van der Waals surface area contributed by atoms with Crippen LogP contribution in [0.4, 0.5) is 10.5 Å². The lowest BCUT2D eigenvalue weighted by molar-refractivity contribution is -0.121. The summed E-state index contributed by atoms with van der Waals surface area (Å²) in [5.74, 6) is 0.0338. The molecule has 0 aliphatic carbocycles. The normalized spacial score (nSPS) is 10.5. The van der Waals surface area contributed by atoms with Crippen LogP contribution in [0.25, 0.3) is 0 Å². The van der Waals surface area contributed by atoms with Crippen molar-refractivity contribution in [2.75, 3.05) is 18.9 Å². The highest BCUT2D eigenvalue weighted by Crippen LogP contribution is 2.12. The van der Waals surface area contributed by atoms with E-state index in [0.717, 1.165) is 17.7 Å². The second kappa shape index (κ2) is 18.9. The van der Waals surface area contributed by atoms with Crippen LogP contribution in [0.5, 0.6) is 0 Å².